The Hall–Kier alpha value is -6.34. The summed E-state index contributed by atoms with van der Waals surface area (Å²) < 4.78 is 45.0. The highest BCUT2D eigenvalue weighted by Crippen LogP contribution is 2.65. The van der Waals surface area contributed by atoms with E-state index in [0.717, 1.165) is 13.8 Å². The van der Waals surface area contributed by atoms with Crippen LogP contribution < -0.4 is 5.32 Å². The van der Waals surface area contributed by atoms with Crippen molar-refractivity contribution in [3.8, 4) is 0 Å². The Morgan fingerprint density at radius 3 is 1.97 bits per heavy atom. The quantitative estimate of drug-likeness (QED) is 0.0329. The van der Waals surface area contributed by atoms with Crippen LogP contribution in [-0.4, -0.2) is 116 Å². The van der Waals surface area contributed by atoms with Crippen LogP contribution >= 0.6 is 0 Å². The molecule has 3 aliphatic carbocycles. The highest BCUT2D eigenvalue weighted by molar-refractivity contribution is 6.74. The third-order valence-electron chi connectivity index (χ3n) is 16.6. The van der Waals surface area contributed by atoms with Crippen molar-refractivity contribution in [1.29, 1.82) is 0 Å². The molecule has 408 valence electrons. The van der Waals surface area contributed by atoms with E-state index in [0.29, 0.717) is 17.4 Å². The molecular weight excluding hydrogens is 995 g/mol. The van der Waals surface area contributed by atoms with E-state index < -0.39 is 132 Å². The molecule has 2 saturated carbocycles. The Morgan fingerprint density at radius 1 is 0.842 bits per heavy atom. The van der Waals surface area contributed by atoms with Crippen LogP contribution in [0.5, 0.6) is 0 Å². The number of aldehydes is 1. The monoisotopic (exact) mass is 1070 g/mol. The number of hydrogen-bond donors (Lipinski definition) is 2. The maximum Gasteiger partial charge on any atom is 0.338 e. The highest BCUT2D eigenvalue weighted by Gasteiger charge is 2.79. The van der Waals surface area contributed by atoms with Gasteiger partial charge in [0.15, 0.2) is 31.9 Å². The van der Waals surface area contributed by atoms with E-state index in [1.165, 1.54) is 19.1 Å². The van der Waals surface area contributed by atoms with Crippen molar-refractivity contribution in [2.45, 2.75) is 166 Å². The minimum atomic E-state index is -2.98. The molecule has 1 heterocycles. The summed E-state index contributed by atoms with van der Waals surface area (Å²) in [7, 11) is -2.98. The molecule has 17 nitrogen and oxygen atoms in total. The first kappa shape index (κ1) is 57.4. The number of Topliss-reactive ketones (excluding diaryl/α,β-unsaturated/α-hetero) is 1. The minimum Gasteiger partial charge on any atom is -0.461 e. The predicted octanol–water partition coefficient (Wildman–Crippen LogP) is 7.69. The van der Waals surface area contributed by atoms with E-state index in [-0.39, 0.29) is 49.0 Å². The molecule has 3 fully saturated rings. The van der Waals surface area contributed by atoms with Gasteiger partial charge in [0.25, 0.3) is 5.91 Å². The van der Waals surface area contributed by atoms with E-state index in [1.54, 1.807) is 99.6 Å². The number of rotatable bonds is 17. The van der Waals surface area contributed by atoms with Gasteiger partial charge in [0, 0.05) is 50.5 Å². The van der Waals surface area contributed by atoms with E-state index in [9.17, 15) is 33.9 Å². The fraction of sp³-hybridized carbons (Fsp3) is 0.517. The first-order chi connectivity index (χ1) is 35.6. The van der Waals surface area contributed by atoms with Crippen molar-refractivity contribution >= 4 is 56.1 Å². The zero-order valence-corrected chi connectivity index (χ0v) is 46.2. The van der Waals surface area contributed by atoms with Crippen LogP contribution in [0, 0.1) is 16.7 Å². The molecule has 3 aromatic carbocycles. The SMILES string of the molecule is CC(=O)O[C@H]1C(=O)[C@]2(C)[C@@H](OC(=O)CCCC=O)C[C@H]3OC[C@@]3(OC(C)=O)[C@H]2[C@H](OC(=O)c2ccccc2)[C@]2(O)C[C@H](OC(=O)[C@@H](O[Si](C)(C)C(C)(C)C)[C@H](NC(=O)c3ccccc3)c3ccccc3)C(C)=C1C2(C)C. The molecule has 18 heteroatoms. The molecule has 0 spiro atoms. The van der Waals surface area contributed by atoms with Crippen LogP contribution in [0.3, 0.4) is 0 Å². The number of carbonyl (C=O) groups excluding carboxylic acids is 8. The second kappa shape index (κ2) is 21.9. The molecule has 1 amide bonds. The summed E-state index contributed by atoms with van der Waals surface area (Å²) in [6.45, 7) is 18.0. The number of benzene rings is 3. The Labute approximate surface area is 444 Å². The van der Waals surface area contributed by atoms with E-state index in [2.05, 4.69) is 5.32 Å². The smallest absolute Gasteiger partial charge is 0.338 e. The lowest BCUT2D eigenvalue weighted by atomic mass is 9.44. The number of unbranched alkanes of at least 4 members (excludes halogenated alkanes) is 1. The number of ketones is 1. The average Bonchev–Trinajstić information content (AvgIpc) is 3.38. The summed E-state index contributed by atoms with van der Waals surface area (Å²) in [6, 6.07) is 24.0. The van der Waals surface area contributed by atoms with Gasteiger partial charge >= 0.3 is 29.8 Å². The summed E-state index contributed by atoms with van der Waals surface area (Å²) in [5.74, 6) is -7.42. The Balaban J connectivity index is 1.47. The second-order valence-electron chi connectivity index (χ2n) is 22.7. The Kier molecular flexibility index (Phi) is 16.6. The molecule has 1 aliphatic heterocycles. The number of esters is 5. The van der Waals surface area contributed by atoms with Gasteiger partial charge in [0.1, 0.15) is 36.3 Å². The third-order valence-corrected chi connectivity index (χ3v) is 21.1. The Morgan fingerprint density at radius 2 is 1.43 bits per heavy atom. The molecule has 2 N–H and O–H groups in total. The zero-order valence-electron chi connectivity index (χ0n) is 45.2. The highest BCUT2D eigenvalue weighted by atomic mass is 28.4. The van der Waals surface area contributed by atoms with Gasteiger partial charge in [0.05, 0.1) is 29.5 Å². The largest absolute Gasteiger partial charge is 0.461 e. The van der Waals surface area contributed by atoms with Gasteiger partial charge in [-0.25, -0.2) is 9.59 Å². The minimum absolute atomic E-state index is 0.00289. The van der Waals surface area contributed by atoms with Crippen molar-refractivity contribution in [1.82, 2.24) is 5.32 Å². The molecule has 11 atom stereocenters. The van der Waals surface area contributed by atoms with Gasteiger partial charge in [-0.2, -0.15) is 0 Å². The second-order valence-corrected chi connectivity index (χ2v) is 27.5. The number of carbonyl (C=O) groups is 8. The molecule has 0 unspecified atom stereocenters. The number of ether oxygens (including phenoxy) is 6. The fourth-order valence-corrected chi connectivity index (χ4v) is 12.7. The number of hydrogen-bond acceptors (Lipinski definition) is 16. The molecular formula is C58H71NO16Si. The predicted molar refractivity (Wildman–Crippen MR) is 278 cm³/mol. The normalized spacial score (nSPS) is 28.5. The molecule has 76 heavy (non-hydrogen) atoms. The van der Waals surface area contributed by atoms with Gasteiger partial charge in [-0.3, -0.25) is 24.0 Å². The molecule has 1 saturated heterocycles. The van der Waals surface area contributed by atoms with Crippen molar-refractivity contribution in [3.05, 3.63) is 119 Å². The van der Waals surface area contributed by atoms with Crippen molar-refractivity contribution in [2.24, 2.45) is 16.7 Å². The summed E-state index contributed by atoms with van der Waals surface area (Å²) >= 11 is 0. The van der Waals surface area contributed by atoms with Crippen molar-refractivity contribution in [3.63, 3.8) is 0 Å². The lowest BCUT2D eigenvalue weighted by Gasteiger charge is -2.67. The van der Waals surface area contributed by atoms with E-state index in [1.807, 2.05) is 33.9 Å². The maximum atomic E-state index is 16.3. The van der Waals surface area contributed by atoms with Gasteiger partial charge in [-0.1, -0.05) is 101 Å². The first-order valence-corrected chi connectivity index (χ1v) is 28.7. The summed E-state index contributed by atoms with van der Waals surface area (Å²) in [4.78, 5) is 113. The van der Waals surface area contributed by atoms with Gasteiger partial charge in [-0.15, -0.1) is 0 Å². The van der Waals surface area contributed by atoms with Crippen LogP contribution in [0.4, 0.5) is 0 Å². The first-order valence-electron chi connectivity index (χ1n) is 25.8. The fourth-order valence-electron chi connectivity index (χ4n) is 11.5. The molecule has 2 bridgehead atoms. The summed E-state index contributed by atoms with van der Waals surface area (Å²) in [6.07, 6.45) is -9.52. The lowest BCUT2D eigenvalue weighted by Crippen LogP contribution is -2.82. The maximum absolute atomic E-state index is 16.3. The number of nitrogens with one attached hydrogen (secondary N) is 1. The lowest BCUT2D eigenvalue weighted by molar-refractivity contribution is -0.346. The van der Waals surface area contributed by atoms with Gasteiger partial charge in [0.2, 0.25) is 0 Å². The standard InChI is InChI=1S/C58H71NO16Si/c1-34-40(71-53(67)47(75-76(10,11)54(4,5)6)45(37-23-15-12-16-24-37)59-51(65)38-25-17-13-18-26-38)32-58(68)50(73-52(66)39-27-19-14-20-28-39)48-56(9,49(64)46(70-35(2)61)44(34)55(58,7)8)41(72-43(63)29-21-22-30-60)31-42-57(48,33-69-42)74-36(3)62/h12-20,23-28,30,40-42,45-48,50,68H,21-22,29,31-33H2,1-11H3,(H,59,65)/t40-,41-,42+,45+,46+,47-,48-,50-,56+,57-,58+/m0/s1. The number of fused-ring (bicyclic) bond motifs is 5. The molecule has 0 radical (unpaired) electrons. The number of amides is 1. The van der Waals surface area contributed by atoms with Crippen molar-refractivity contribution in [2.75, 3.05) is 6.61 Å². The van der Waals surface area contributed by atoms with Crippen LogP contribution in [0.25, 0.3) is 0 Å². The van der Waals surface area contributed by atoms with Crippen LogP contribution in [0.2, 0.25) is 18.1 Å². The molecule has 4 aliphatic rings. The van der Waals surface area contributed by atoms with Crippen LogP contribution in [-0.2, 0) is 61.6 Å². The zero-order chi connectivity index (χ0) is 55.8. The summed E-state index contributed by atoms with van der Waals surface area (Å²) in [5.41, 5.74) is -7.10. The number of aliphatic hydroxyl groups is 1. The topological polar surface area (TPSA) is 233 Å². The average molecular weight is 1070 g/mol. The van der Waals surface area contributed by atoms with Crippen molar-refractivity contribution < 1.29 is 76.3 Å². The van der Waals surface area contributed by atoms with E-state index >= 15 is 9.59 Å². The molecule has 7 rings (SSSR count). The van der Waals surface area contributed by atoms with Gasteiger partial charge < -0.3 is 48.1 Å². The van der Waals surface area contributed by atoms with Crippen LogP contribution in [0.15, 0.2) is 102 Å². The van der Waals surface area contributed by atoms with Gasteiger partial charge in [-0.05, 0) is 79.4 Å². The summed E-state index contributed by atoms with van der Waals surface area (Å²) in [5, 5.41) is 16.8. The van der Waals surface area contributed by atoms with Crippen LogP contribution in [0.1, 0.15) is 127 Å². The molecule has 0 aromatic heterocycles. The third kappa shape index (κ3) is 10.7. The van der Waals surface area contributed by atoms with E-state index in [4.69, 9.17) is 32.8 Å². The molecule has 3 aromatic rings. The Bertz CT molecular complexity index is 2740.